The van der Waals surface area contributed by atoms with Crippen LogP contribution >= 0.6 is 12.4 Å². The largest absolute Gasteiger partial charge is 0.324 e. The molecule has 0 bridgehead atoms. The Balaban J connectivity index is 0.00000156. The van der Waals surface area contributed by atoms with Gasteiger partial charge in [0, 0.05) is 6.04 Å². The molecule has 4 aromatic rings. The van der Waals surface area contributed by atoms with Crippen LogP contribution in [0.25, 0.3) is 32.3 Å². The third-order valence-electron chi connectivity index (χ3n) is 4.69. The number of hydrogen-bond acceptors (Lipinski definition) is 1. The fourth-order valence-electron chi connectivity index (χ4n) is 3.72. The Morgan fingerprint density at radius 3 is 2.00 bits per heavy atom. The van der Waals surface area contributed by atoms with Crippen molar-refractivity contribution in [3.8, 4) is 0 Å². The quantitative estimate of drug-likeness (QED) is 0.456. The van der Waals surface area contributed by atoms with Crippen molar-refractivity contribution < 1.29 is 0 Å². The van der Waals surface area contributed by atoms with Crippen LogP contribution in [0.1, 0.15) is 31.9 Å². The first kappa shape index (κ1) is 16.0. The summed E-state index contributed by atoms with van der Waals surface area (Å²) < 4.78 is 0. The van der Waals surface area contributed by atoms with Crippen molar-refractivity contribution in [1.82, 2.24) is 0 Å². The minimum Gasteiger partial charge on any atom is -0.324 e. The van der Waals surface area contributed by atoms with E-state index in [1.165, 1.54) is 37.9 Å². The van der Waals surface area contributed by atoms with Gasteiger partial charge in [0.2, 0.25) is 0 Å². The van der Waals surface area contributed by atoms with Crippen LogP contribution in [0.4, 0.5) is 0 Å². The van der Waals surface area contributed by atoms with Gasteiger partial charge >= 0.3 is 0 Å². The number of hydrogen-bond donors (Lipinski definition) is 1. The normalized spacial score (nSPS) is 13.0. The lowest BCUT2D eigenvalue weighted by atomic mass is 9.88. The van der Waals surface area contributed by atoms with E-state index in [2.05, 4.69) is 68.4 Å². The van der Waals surface area contributed by atoms with Crippen LogP contribution in [0.5, 0.6) is 0 Å². The lowest BCUT2D eigenvalue weighted by Crippen LogP contribution is -2.13. The molecule has 2 heteroatoms. The molecule has 0 radical (unpaired) electrons. The number of rotatable bonds is 3. The maximum Gasteiger partial charge on any atom is 0.0303 e. The predicted octanol–water partition coefficient (Wildman–Crippen LogP) is 6.05. The van der Waals surface area contributed by atoms with Crippen molar-refractivity contribution in [3.63, 3.8) is 0 Å². The highest BCUT2D eigenvalue weighted by atomic mass is 35.5. The summed E-state index contributed by atoms with van der Waals surface area (Å²) >= 11 is 0. The highest BCUT2D eigenvalue weighted by molar-refractivity contribution is 6.23. The molecule has 0 saturated heterocycles. The lowest BCUT2D eigenvalue weighted by molar-refractivity contribution is 0.512. The van der Waals surface area contributed by atoms with Gasteiger partial charge in [-0.15, -0.1) is 12.4 Å². The first-order chi connectivity index (χ1) is 10.6. The molecular weight excluding hydrogens is 302 g/mol. The van der Waals surface area contributed by atoms with Gasteiger partial charge < -0.3 is 5.73 Å². The summed E-state index contributed by atoms with van der Waals surface area (Å²) in [7, 11) is 0. The van der Waals surface area contributed by atoms with Gasteiger partial charge in [0.15, 0.2) is 0 Å². The van der Waals surface area contributed by atoms with E-state index in [0.29, 0.717) is 5.92 Å². The molecule has 118 valence electrons. The maximum absolute atomic E-state index is 6.49. The van der Waals surface area contributed by atoms with Crippen molar-refractivity contribution >= 4 is 44.7 Å². The topological polar surface area (TPSA) is 26.0 Å². The van der Waals surface area contributed by atoms with E-state index in [0.717, 1.165) is 6.42 Å². The monoisotopic (exact) mass is 323 g/mol. The molecule has 1 atom stereocenters. The summed E-state index contributed by atoms with van der Waals surface area (Å²) in [5.74, 6) is 0.605. The van der Waals surface area contributed by atoms with Gasteiger partial charge in [-0.3, -0.25) is 0 Å². The first-order valence-corrected chi connectivity index (χ1v) is 8.07. The smallest absolute Gasteiger partial charge is 0.0303 e. The van der Waals surface area contributed by atoms with Crippen molar-refractivity contribution in [3.05, 3.63) is 60.2 Å². The SMILES string of the molecule is CC(C)C[C@H](N)c1ccc2ccc3cccc4ccc1c2c34.Cl. The second-order valence-electron chi connectivity index (χ2n) is 6.75. The Hall–Kier alpha value is -1.83. The van der Waals surface area contributed by atoms with E-state index in [-0.39, 0.29) is 18.4 Å². The van der Waals surface area contributed by atoms with Crippen molar-refractivity contribution in [1.29, 1.82) is 0 Å². The highest BCUT2D eigenvalue weighted by Crippen LogP contribution is 2.37. The molecule has 23 heavy (non-hydrogen) atoms. The molecule has 0 amide bonds. The fraction of sp³-hybridized carbons (Fsp3) is 0.238. The molecule has 4 aromatic carbocycles. The Kier molecular flexibility index (Phi) is 4.18. The molecule has 0 aromatic heterocycles. The van der Waals surface area contributed by atoms with Crippen LogP contribution in [0, 0.1) is 5.92 Å². The molecule has 0 spiro atoms. The summed E-state index contributed by atoms with van der Waals surface area (Å²) in [5.41, 5.74) is 7.77. The van der Waals surface area contributed by atoms with Crippen LogP contribution in [0.2, 0.25) is 0 Å². The summed E-state index contributed by atoms with van der Waals surface area (Å²) in [6, 6.07) is 20.0. The van der Waals surface area contributed by atoms with Gasteiger partial charge in [0.1, 0.15) is 0 Å². The van der Waals surface area contributed by atoms with Gasteiger partial charge in [-0.2, -0.15) is 0 Å². The summed E-state index contributed by atoms with van der Waals surface area (Å²) in [6.07, 6.45) is 1.02. The minimum atomic E-state index is 0. The fourth-order valence-corrected chi connectivity index (χ4v) is 3.72. The first-order valence-electron chi connectivity index (χ1n) is 8.07. The molecule has 0 aliphatic carbocycles. The van der Waals surface area contributed by atoms with Gasteiger partial charge in [-0.05, 0) is 50.2 Å². The summed E-state index contributed by atoms with van der Waals surface area (Å²) in [5, 5.41) is 7.98. The highest BCUT2D eigenvalue weighted by Gasteiger charge is 2.15. The number of nitrogens with two attached hydrogens (primary N) is 1. The van der Waals surface area contributed by atoms with Crippen LogP contribution in [-0.2, 0) is 0 Å². The standard InChI is InChI=1S/C21H21N.ClH/c1-13(2)12-19(22)17-10-8-16-7-6-14-4-3-5-15-9-11-18(17)21(16)20(14)15;/h3-11,13,19H,12,22H2,1-2H3;1H/t19-;/m0./s1. The average molecular weight is 324 g/mol. The third kappa shape index (κ3) is 2.54. The van der Waals surface area contributed by atoms with Crippen molar-refractivity contribution in [2.24, 2.45) is 11.7 Å². The second-order valence-corrected chi connectivity index (χ2v) is 6.75. The molecule has 0 unspecified atom stereocenters. The molecule has 0 aliphatic rings. The molecule has 1 nitrogen and oxygen atoms in total. The molecule has 0 heterocycles. The van der Waals surface area contributed by atoms with Crippen LogP contribution < -0.4 is 5.73 Å². The molecule has 0 fully saturated rings. The van der Waals surface area contributed by atoms with E-state index in [9.17, 15) is 0 Å². The maximum atomic E-state index is 6.49. The second kappa shape index (κ2) is 5.99. The molecular formula is C21H22ClN. The van der Waals surface area contributed by atoms with Gasteiger partial charge in [-0.25, -0.2) is 0 Å². The van der Waals surface area contributed by atoms with Crippen molar-refractivity contribution in [2.45, 2.75) is 26.3 Å². The Morgan fingerprint density at radius 1 is 0.783 bits per heavy atom. The van der Waals surface area contributed by atoms with E-state index < -0.39 is 0 Å². The van der Waals surface area contributed by atoms with Crippen LogP contribution in [0.3, 0.4) is 0 Å². The van der Waals surface area contributed by atoms with Crippen molar-refractivity contribution in [2.75, 3.05) is 0 Å². The lowest BCUT2D eigenvalue weighted by Gasteiger charge is -2.19. The Labute approximate surface area is 143 Å². The van der Waals surface area contributed by atoms with Crippen LogP contribution in [-0.4, -0.2) is 0 Å². The van der Waals surface area contributed by atoms with E-state index in [1.807, 2.05) is 0 Å². The van der Waals surface area contributed by atoms with E-state index >= 15 is 0 Å². The summed E-state index contributed by atoms with van der Waals surface area (Å²) in [4.78, 5) is 0. The zero-order valence-electron chi connectivity index (χ0n) is 13.5. The van der Waals surface area contributed by atoms with Gasteiger partial charge in [0.05, 0.1) is 0 Å². The van der Waals surface area contributed by atoms with Gasteiger partial charge in [-0.1, -0.05) is 68.4 Å². The third-order valence-corrected chi connectivity index (χ3v) is 4.69. The number of benzene rings is 4. The minimum absolute atomic E-state index is 0. The summed E-state index contributed by atoms with van der Waals surface area (Å²) in [6.45, 7) is 4.46. The molecule has 0 aliphatic heterocycles. The number of halogens is 1. The zero-order valence-corrected chi connectivity index (χ0v) is 14.4. The van der Waals surface area contributed by atoms with E-state index in [4.69, 9.17) is 5.73 Å². The Bertz CT molecular complexity index is 942. The zero-order chi connectivity index (χ0) is 15.3. The average Bonchev–Trinajstić information content (AvgIpc) is 2.51. The van der Waals surface area contributed by atoms with Crippen LogP contribution in [0.15, 0.2) is 54.6 Å². The van der Waals surface area contributed by atoms with E-state index in [1.54, 1.807) is 0 Å². The molecule has 2 N–H and O–H groups in total. The predicted molar refractivity (Wildman–Crippen MR) is 104 cm³/mol. The van der Waals surface area contributed by atoms with Gasteiger partial charge in [0.25, 0.3) is 0 Å². The Morgan fingerprint density at radius 2 is 1.35 bits per heavy atom. The molecule has 4 rings (SSSR count). The molecule has 0 saturated carbocycles.